The fourth-order valence-corrected chi connectivity index (χ4v) is 2.64. The zero-order valence-corrected chi connectivity index (χ0v) is 12.5. The van der Waals surface area contributed by atoms with Crippen LogP contribution in [0.5, 0.6) is 5.75 Å². The smallest absolute Gasteiger partial charge is 0.469 e. The van der Waals surface area contributed by atoms with Crippen LogP contribution in [0.2, 0.25) is 0 Å². The molecule has 1 aliphatic heterocycles. The molecule has 3 rings (SSSR count). The van der Waals surface area contributed by atoms with Crippen molar-refractivity contribution in [2.75, 3.05) is 18.4 Å². The Kier molecular flexibility index (Phi) is 4.37. The van der Waals surface area contributed by atoms with Crippen molar-refractivity contribution in [2.45, 2.75) is 18.7 Å². The number of nitrogens with one attached hydrogen (secondary N) is 1. The Labute approximate surface area is 136 Å². The summed E-state index contributed by atoms with van der Waals surface area (Å²) in [6, 6.07) is 8.41. The second kappa shape index (κ2) is 6.46. The molecular formula is C16H15F3N2O3. The third-order valence-corrected chi connectivity index (χ3v) is 3.76. The van der Waals surface area contributed by atoms with Crippen molar-refractivity contribution in [3.8, 4) is 5.75 Å². The van der Waals surface area contributed by atoms with E-state index in [-0.39, 0.29) is 17.7 Å². The number of nitrogens with zero attached hydrogens (tertiary/aromatic N) is 1. The van der Waals surface area contributed by atoms with Gasteiger partial charge < -0.3 is 19.4 Å². The molecule has 0 saturated carbocycles. The maximum atomic E-state index is 12.2. The number of amides is 2. The van der Waals surface area contributed by atoms with Gasteiger partial charge >= 0.3 is 12.4 Å². The van der Waals surface area contributed by atoms with Crippen LogP contribution in [-0.4, -0.2) is 30.4 Å². The zero-order chi connectivity index (χ0) is 17.2. The topological polar surface area (TPSA) is 54.7 Å². The first-order valence-electron chi connectivity index (χ1n) is 7.36. The lowest BCUT2D eigenvalue weighted by Crippen LogP contribution is -2.32. The maximum absolute atomic E-state index is 12.2. The van der Waals surface area contributed by atoms with E-state index in [4.69, 9.17) is 4.42 Å². The number of hydrogen-bond acceptors (Lipinski definition) is 3. The first kappa shape index (κ1) is 16.2. The molecule has 0 aliphatic carbocycles. The van der Waals surface area contributed by atoms with Crippen molar-refractivity contribution in [1.82, 2.24) is 4.90 Å². The number of ether oxygens (including phenoxy) is 1. The predicted molar refractivity (Wildman–Crippen MR) is 79.8 cm³/mol. The molecular weight excluding hydrogens is 325 g/mol. The minimum atomic E-state index is -4.73. The van der Waals surface area contributed by atoms with Gasteiger partial charge in [-0.1, -0.05) is 0 Å². The van der Waals surface area contributed by atoms with E-state index in [1.807, 2.05) is 12.1 Å². The van der Waals surface area contributed by atoms with Crippen LogP contribution in [0.4, 0.5) is 23.7 Å². The van der Waals surface area contributed by atoms with Crippen molar-refractivity contribution in [1.29, 1.82) is 0 Å². The van der Waals surface area contributed by atoms with Gasteiger partial charge in [-0.3, -0.25) is 0 Å². The Morgan fingerprint density at radius 1 is 1.25 bits per heavy atom. The van der Waals surface area contributed by atoms with E-state index >= 15 is 0 Å². The van der Waals surface area contributed by atoms with Gasteiger partial charge in [-0.15, -0.1) is 13.2 Å². The lowest BCUT2D eigenvalue weighted by atomic mass is 10.1. The fourth-order valence-electron chi connectivity index (χ4n) is 2.64. The minimum absolute atomic E-state index is 0.160. The highest BCUT2D eigenvalue weighted by atomic mass is 19.4. The molecule has 1 aromatic carbocycles. The number of halogens is 3. The number of anilines is 1. The van der Waals surface area contributed by atoms with Gasteiger partial charge in [0.2, 0.25) is 0 Å². The summed E-state index contributed by atoms with van der Waals surface area (Å²) >= 11 is 0. The van der Waals surface area contributed by atoms with Gasteiger partial charge in [-0.2, -0.15) is 0 Å². The molecule has 128 valence electrons. The van der Waals surface area contributed by atoms with Crippen LogP contribution >= 0.6 is 0 Å². The number of hydrogen-bond donors (Lipinski definition) is 1. The van der Waals surface area contributed by atoms with Crippen LogP contribution in [0.25, 0.3) is 0 Å². The standard InChI is InChI=1S/C16H15F3N2O3/c17-16(18,19)24-13-5-3-12(4-6-13)20-15(22)21-8-7-11(10-21)14-2-1-9-23-14/h1-6,9,11H,7-8,10H2,(H,20,22). The molecule has 24 heavy (non-hydrogen) atoms. The van der Waals surface area contributed by atoms with Gasteiger partial charge in [-0.05, 0) is 42.8 Å². The summed E-state index contributed by atoms with van der Waals surface area (Å²) in [4.78, 5) is 13.9. The number of likely N-dealkylation sites (tertiary alicyclic amines) is 1. The summed E-state index contributed by atoms with van der Waals surface area (Å²) in [6.45, 7) is 1.13. The summed E-state index contributed by atoms with van der Waals surface area (Å²) in [5.41, 5.74) is 0.399. The molecule has 1 N–H and O–H groups in total. The van der Waals surface area contributed by atoms with Crippen LogP contribution in [0, 0.1) is 0 Å². The van der Waals surface area contributed by atoms with Crippen LogP contribution < -0.4 is 10.1 Å². The second-order valence-electron chi connectivity index (χ2n) is 5.45. The van der Waals surface area contributed by atoms with E-state index in [9.17, 15) is 18.0 Å². The first-order chi connectivity index (χ1) is 11.4. The van der Waals surface area contributed by atoms with Crippen LogP contribution in [-0.2, 0) is 0 Å². The molecule has 8 heteroatoms. The van der Waals surface area contributed by atoms with E-state index in [1.165, 1.54) is 12.1 Å². The predicted octanol–water partition coefficient (Wildman–Crippen LogP) is 4.20. The van der Waals surface area contributed by atoms with E-state index in [2.05, 4.69) is 10.1 Å². The van der Waals surface area contributed by atoms with Crippen LogP contribution in [0.15, 0.2) is 47.1 Å². The Morgan fingerprint density at radius 3 is 2.62 bits per heavy atom. The lowest BCUT2D eigenvalue weighted by molar-refractivity contribution is -0.274. The van der Waals surface area contributed by atoms with E-state index in [0.717, 1.165) is 24.3 Å². The van der Waals surface area contributed by atoms with Crippen molar-refractivity contribution >= 4 is 11.7 Å². The lowest BCUT2D eigenvalue weighted by Gasteiger charge is -2.17. The quantitative estimate of drug-likeness (QED) is 0.911. The van der Waals surface area contributed by atoms with Crippen molar-refractivity contribution in [3.63, 3.8) is 0 Å². The molecule has 2 heterocycles. The van der Waals surface area contributed by atoms with Crippen molar-refractivity contribution in [2.24, 2.45) is 0 Å². The average molecular weight is 340 g/mol. The Morgan fingerprint density at radius 2 is 2.00 bits per heavy atom. The summed E-state index contributed by atoms with van der Waals surface area (Å²) in [6.07, 6.45) is -2.33. The van der Waals surface area contributed by atoms with Gasteiger partial charge in [0.15, 0.2) is 0 Å². The summed E-state index contributed by atoms with van der Waals surface area (Å²) < 4.78 is 45.4. The normalized spacial score (nSPS) is 17.8. The third-order valence-electron chi connectivity index (χ3n) is 3.76. The molecule has 1 unspecified atom stereocenters. The molecule has 2 aromatic rings. The molecule has 5 nitrogen and oxygen atoms in total. The number of rotatable bonds is 3. The third kappa shape index (κ3) is 4.01. The highest BCUT2D eigenvalue weighted by Crippen LogP contribution is 2.28. The first-order valence-corrected chi connectivity index (χ1v) is 7.36. The maximum Gasteiger partial charge on any atom is 0.573 e. The Bertz CT molecular complexity index is 684. The van der Waals surface area contributed by atoms with Gasteiger partial charge in [0.05, 0.1) is 6.26 Å². The van der Waals surface area contributed by atoms with Gasteiger partial charge in [0, 0.05) is 24.7 Å². The molecule has 1 aliphatic rings. The highest BCUT2D eigenvalue weighted by Gasteiger charge is 2.31. The summed E-state index contributed by atoms with van der Waals surface area (Å²) in [7, 11) is 0. The summed E-state index contributed by atoms with van der Waals surface area (Å²) in [5.74, 6) is 0.673. The molecule has 1 fully saturated rings. The SMILES string of the molecule is O=C(Nc1ccc(OC(F)(F)F)cc1)N1CCC(c2ccco2)C1. The molecule has 1 aromatic heterocycles. The molecule has 0 spiro atoms. The number of carbonyl (C=O) groups excluding carboxylic acids is 1. The van der Waals surface area contributed by atoms with Crippen molar-refractivity contribution < 1.29 is 27.1 Å². The van der Waals surface area contributed by atoms with Crippen LogP contribution in [0.3, 0.4) is 0 Å². The van der Waals surface area contributed by atoms with E-state index in [0.29, 0.717) is 18.8 Å². The number of benzene rings is 1. The largest absolute Gasteiger partial charge is 0.573 e. The highest BCUT2D eigenvalue weighted by molar-refractivity contribution is 5.89. The monoisotopic (exact) mass is 340 g/mol. The molecule has 1 atom stereocenters. The Hall–Kier alpha value is -2.64. The van der Waals surface area contributed by atoms with Gasteiger partial charge in [-0.25, -0.2) is 4.79 Å². The minimum Gasteiger partial charge on any atom is -0.469 e. The average Bonchev–Trinajstić information content (AvgIpc) is 3.18. The van der Waals surface area contributed by atoms with Gasteiger partial charge in [0.1, 0.15) is 11.5 Å². The molecule has 1 saturated heterocycles. The van der Waals surface area contributed by atoms with Gasteiger partial charge in [0.25, 0.3) is 0 Å². The molecule has 2 amide bonds. The number of furan rings is 1. The molecule has 0 radical (unpaired) electrons. The van der Waals surface area contributed by atoms with Crippen molar-refractivity contribution in [3.05, 3.63) is 48.4 Å². The van der Waals surface area contributed by atoms with E-state index < -0.39 is 6.36 Å². The Balaban J connectivity index is 1.55. The number of alkyl halides is 3. The number of carbonyl (C=O) groups is 1. The second-order valence-corrected chi connectivity index (χ2v) is 5.45. The zero-order valence-electron chi connectivity index (χ0n) is 12.5. The van der Waals surface area contributed by atoms with E-state index in [1.54, 1.807) is 11.2 Å². The number of urea groups is 1. The summed E-state index contributed by atoms with van der Waals surface area (Å²) in [5, 5.41) is 2.66. The molecule has 0 bridgehead atoms. The fraction of sp³-hybridized carbons (Fsp3) is 0.312. The van der Waals surface area contributed by atoms with Crippen LogP contribution in [0.1, 0.15) is 18.1 Å².